The van der Waals surface area contributed by atoms with Crippen molar-refractivity contribution in [2.45, 2.75) is 40.2 Å². The molecule has 0 aliphatic carbocycles. The van der Waals surface area contributed by atoms with Crippen molar-refractivity contribution in [1.29, 1.82) is 0 Å². The van der Waals surface area contributed by atoms with E-state index in [2.05, 4.69) is 35.9 Å². The van der Waals surface area contributed by atoms with Crippen LogP contribution >= 0.6 is 0 Å². The molecule has 0 bridgehead atoms. The lowest BCUT2D eigenvalue weighted by Crippen LogP contribution is -2.49. The van der Waals surface area contributed by atoms with Crippen molar-refractivity contribution in [2.75, 3.05) is 45.8 Å². The largest absolute Gasteiger partial charge is 0.368 e. The summed E-state index contributed by atoms with van der Waals surface area (Å²) in [6.07, 6.45) is 1.13. The second-order valence-electron chi connectivity index (χ2n) is 4.79. The first kappa shape index (κ1) is 18.4. The van der Waals surface area contributed by atoms with Crippen molar-refractivity contribution in [3.8, 4) is 0 Å². The van der Waals surface area contributed by atoms with Crippen LogP contribution < -0.4 is 11.1 Å². The van der Waals surface area contributed by atoms with Crippen molar-refractivity contribution < 1.29 is 4.79 Å². The van der Waals surface area contributed by atoms with Crippen LogP contribution in [0.15, 0.2) is 0 Å². The van der Waals surface area contributed by atoms with Gasteiger partial charge in [0.15, 0.2) is 0 Å². The van der Waals surface area contributed by atoms with Gasteiger partial charge in [-0.05, 0) is 45.7 Å². The minimum atomic E-state index is -0.260. The third-order valence-corrected chi connectivity index (χ3v) is 3.53. The highest BCUT2D eigenvalue weighted by Gasteiger charge is 2.17. The second kappa shape index (κ2) is 11.2. The molecule has 114 valence electrons. The summed E-state index contributed by atoms with van der Waals surface area (Å²) in [4.78, 5) is 16.1. The van der Waals surface area contributed by atoms with Crippen LogP contribution in [0.4, 0.5) is 0 Å². The van der Waals surface area contributed by atoms with Gasteiger partial charge in [0.05, 0.1) is 6.04 Å². The van der Waals surface area contributed by atoms with Crippen LogP contribution in [0.2, 0.25) is 0 Å². The van der Waals surface area contributed by atoms with Gasteiger partial charge in [0.1, 0.15) is 0 Å². The molecule has 0 aromatic heterocycles. The van der Waals surface area contributed by atoms with E-state index in [-0.39, 0.29) is 11.9 Å². The van der Waals surface area contributed by atoms with Crippen LogP contribution in [-0.2, 0) is 4.79 Å². The molecular formula is C14H32N4O. The molecule has 0 spiro atoms. The molecule has 19 heavy (non-hydrogen) atoms. The molecule has 0 radical (unpaired) electrons. The molecule has 0 rings (SSSR count). The standard InChI is InChI=1S/C14H32N4O/c1-5-16-13(14(15)19)12-18(8-4)11-9-10-17(6-2)7-3/h13,16H,5-12H2,1-4H3,(H2,15,19). The number of rotatable bonds is 12. The molecule has 1 unspecified atom stereocenters. The van der Waals surface area contributed by atoms with Gasteiger partial charge in [0, 0.05) is 6.54 Å². The number of carbonyl (C=O) groups is 1. The number of nitrogens with one attached hydrogen (secondary N) is 1. The lowest BCUT2D eigenvalue weighted by atomic mass is 10.2. The zero-order chi connectivity index (χ0) is 14.7. The van der Waals surface area contributed by atoms with Gasteiger partial charge in [0.2, 0.25) is 5.91 Å². The zero-order valence-corrected chi connectivity index (χ0v) is 13.1. The smallest absolute Gasteiger partial charge is 0.235 e. The van der Waals surface area contributed by atoms with Crippen LogP contribution in [-0.4, -0.2) is 67.6 Å². The topological polar surface area (TPSA) is 61.6 Å². The lowest BCUT2D eigenvalue weighted by Gasteiger charge is -2.26. The number of carbonyl (C=O) groups excluding carboxylic acids is 1. The van der Waals surface area contributed by atoms with Crippen LogP contribution in [0.5, 0.6) is 0 Å². The van der Waals surface area contributed by atoms with Crippen molar-refractivity contribution in [1.82, 2.24) is 15.1 Å². The number of likely N-dealkylation sites (N-methyl/N-ethyl adjacent to an activating group) is 2. The van der Waals surface area contributed by atoms with E-state index in [0.29, 0.717) is 6.54 Å². The molecule has 1 amide bonds. The van der Waals surface area contributed by atoms with Crippen LogP contribution in [0.3, 0.4) is 0 Å². The van der Waals surface area contributed by atoms with Gasteiger partial charge >= 0.3 is 0 Å². The molecule has 0 aromatic rings. The second-order valence-corrected chi connectivity index (χ2v) is 4.79. The molecule has 0 heterocycles. The Hall–Kier alpha value is -0.650. The SMILES string of the molecule is CCNC(CN(CC)CCCN(CC)CC)C(N)=O. The highest BCUT2D eigenvalue weighted by Crippen LogP contribution is 1.98. The van der Waals surface area contributed by atoms with Crippen molar-refractivity contribution in [3.05, 3.63) is 0 Å². The maximum atomic E-state index is 11.3. The average Bonchev–Trinajstić information content (AvgIpc) is 2.41. The van der Waals surface area contributed by atoms with Gasteiger partial charge in [-0.15, -0.1) is 0 Å². The normalized spacial score (nSPS) is 13.2. The summed E-state index contributed by atoms with van der Waals surface area (Å²) in [6.45, 7) is 15.3. The minimum Gasteiger partial charge on any atom is -0.368 e. The van der Waals surface area contributed by atoms with E-state index in [0.717, 1.165) is 45.7 Å². The van der Waals surface area contributed by atoms with Crippen molar-refractivity contribution in [3.63, 3.8) is 0 Å². The summed E-state index contributed by atoms with van der Waals surface area (Å²) < 4.78 is 0. The Kier molecular flexibility index (Phi) is 10.8. The predicted octanol–water partition coefficient (Wildman–Crippen LogP) is 0.504. The fraction of sp³-hybridized carbons (Fsp3) is 0.929. The lowest BCUT2D eigenvalue weighted by molar-refractivity contribution is -0.120. The minimum absolute atomic E-state index is 0.238. The monoisotopic (exact) mass is 272 g/mol. The molecule has 5 heteroatoms. The first-order valence-electron chi connectivity index (χ1n) is 7.56. The summed E-state index contributed by atoms with van der Waals surface area (Å²) in [7, 11) is 0. The molecule has 0 fully saturated rings. The van der Waals surface area contributed by atoms with E-state index in [1.807, 2.05) is 6.92 Å². The Balaban J connectivity index is 4.08. The third kappa shape index (κ3) is 8.18. The molecular weight excluding hydrogens is 240 g/mol. The average molecular weight is 272 g/mol. The predicted molar refractivity (Wildman–Crippen MR) is 81.2 cm³/mol. The van der Waals surface area contributed by atoms with Gasteiger partial charge in [0.25, 0.3) is 0 Å². The third-order valence-electron chi connectivity index (χ3n) is 3.53. The van der Waals surface area contributed by atoms with E-state index in [1.165, 1.54) is 0 Å². The number of hydrogen-bond donors (Lipinski definition) is 2. The van der Waals surface area contributed by atoms with Crippen molar-refractivity contribution >= 4 is 5.91 Å². The molecule has 5 nitrogen and oxygen atoms in total. The Morgan fingerprint density at radius 3 is 2.00 bits per heavy atom. The maximum Gasteiger partial charge on any atom is 0.235 e. The van der Waals surface area contributed by atoms with Crippen LogP contribution in [0.25, 0.3) is 0 Å². The Morgan fingerprint density at radius 1 is 1.05 bits per heavy atom. The van der Waals surface area contributed by atoms with Gasteiger partial charge < -0.3 is 20.9 Å². The molecule has 0 saturated carbocycles. The van der Waals surface area contributed by atoms with E-state index in [9.17, 15) is 4.79 Å². The Morgan fingerprint density at radius 2 is 1.58 bits per heavy atom. The van der Waals surface area contributed by atoms with E-state index in [4.69, 9.17) is 5.73 Å². The van der Waals surface area contributed by atoms with E-state index in [1.54, 1.807) is 0 Å². The molecule has 0 aliphatic heterocycles. The summed E-state index contributed by atoms with van der Waals surface area (Å²) >= 11 is 0. The summed E-state index contributed by atoms with van der Waals surface area (Å²) in [5, 5.41) is 3.14. The van der Waals surface area contributed by atoms with E-state index < -0.39 is 0 Å². The molecule has 0 aliphatic rings. The van der Waals surface area contributed by atoms with E-state index >= 15 is 0 Å². The molecule has 3 N–H and O–H groups in total. The quantitative estimate of drug-likeness (QED) is 0.543. The van der Waals surface area contributed by atoms with Gasteiger partial charge in [-0.25, -0.2) is 0 Å². The summed E-state index contributed by atoms with van der Waals surface area (Å²) in [6, 6.07) is -0.238. The fourth-order valence-electron chi connectivity index (χ4n) is 2.20. The van der Waals surface area contributed by atoms with Crippen LogP contribution in [0.1, 0.15) is 34.1 Å². The number of nitrogens with two attached hydrogens (primary N) is 1. The van der Waals surface area contributed by atoms with Gasteiger partial charge in [-0.1, -0.05) is 27.7 Å². The van der Waals surface area contributed by atoms with Crippen molar-refractivity contribution in [2.24, 2.45) is 5.73 Å². The molecule has 0 saturated heterocycles. The summed E-state index contributed by atoms with van der Waals surface area (Å²) in [5.41, 5.74) is 5.41. The first-order chi connectivity index (χ1) is 9.08. The van der Waals surface area contributed by atoms with Gasteiger partial charge in [-0.2, -0.15) is 0 Å². The number of primary amides is 1. The molecule has 1 atom stereocenters. The number of hydrogen-bond acceptors (Lipinski definition) is 4. The Bertz CT molecular complexity index is 231. The first-order valence-corrected chi connectivity index (χ1v) is 7.56. The summed E-state index contributed by atoms with van der Waals surface area (Å²) in [5.74, 6) is -0.260. The highest BCUT2D eigenvalue weighted by atomic mass is 16.1. The fourth-order valence-corrected chi connectivity index (χ4v) is 2.20. The highest BCUT2D eigenvalue weighted by molar-refractivity contribution is 5.80. The maximum absolute atomic E-state index is 11.3. The Labute approximate surface area is 118 Å². The van der Waals surface area contributed by atoms with Gasteiger partial charge in [-0.3, -0.25) is 4.79 Å². The number of amides is 1. The number of nitrogens with zero attached hydrogens (tertiary/aromatic N) is 2. The van der Waals surface area contributed by atoms with Crippen LogP contribution in [0, 0.1) is 0 Å². The molecule has 0 aromatic carbocycles. The zero-order valence-electron chi connectivity index (χ0n) is 13.1.